The van der Waals surface area contributed by atoms with Crippen LogP contribution in [-0.4, -0.2) is 36.7 Å². The zero-order valence-electron chi connectivity index (χ0n) is 15.6. The van der Waals surface area contributed by atoms with Gasteiger partial charge in [-0.25, -0.2) is 4.79 Å². The summed E-state index contributed by atoms with van der Waals surface area (Å²) in [4.78, 5) is 15.1. The summed E-state index contributed by atoms with van der Waals surface area (Å²) in [6.45, 7) is 8.94. The van der Waals surface area contributed by atoms with Crippen LogP contribution in [0.3, 0.4) is 0 Å². The average Bonchev–Trinajstić information content (AvgIpc) is 3.09. The summed E-state index contributed by atoms with van der Waals surface area (Å²) in [6.07, 6.45) is 5.22. The molecule has 4 rings (SSSR count). The minimum absolute atomic E-state index is 0.0461. The Kier molecular flexibility index (Phi) is 4.30. The van der Waals surface area contributed by atoms with Gasteiger partial charge in [0.05, 0.1) is 12.6 Å². The third-order valence-corrected chi connectivity index (χ3v) is 5.76. The molecule has 1 N–H and O–H groups in total. The van der Waals surface area contributed by atoms with Crippen molar-refractivity contribution in [3.63, 3.8) is 0 Å². The molecule has 1 saturated carbocycles. The number of aryl methyl sites for hydroxylation is 1. The molecule has 0 spiro atoms. The zero-order valence-corrected chi connectivity index (χ0v) is 15.6. The second kappa shape index (κ2) is 6.35. The third kappa shape index (κ3) is 3.71. The minimum atomic E-state index is 0.0461. The SMILES string of the molecule is Cc1cc2c(o1)CC(C)(C)C[C@@H]2NC(=O)N(C[C@@H]1CCOC1)C1CC1. The molecule has 1 aliphatic heterocycles. The van der Waals surface area contributed by atoms with Crippen molar-refractivity contribution in [3.05, 3.63) is 23.2 Å². The maximum atomic E-state index is 13.1. The number of nitrogens with one attached hydrogen (secondary N) is 1. The Morgan fingerprint density at radius 3 is 2.84 bits per heavy atom. The molecular formula is C20H30N2O3. The van der Waals surface area contributed by atoms with Gasteiger partial charge in [0, 0.05) is 37.1 Å². The fourth-order valence-corrected chi connectivity index (χ4v) is 4.33. The van der Waals surface area contributed by atoms with E-state index >= 15 is 0 Å². The Hall–Kier alpha value is -1.49. The lowest BCUT2D eigenvalue weighted by Crippen LogP contribution is -2.46. The van der Waals surface area contributed by atoms with Crippen LogP contribution in [0.1, 0.15) is 62.7 Å². The van der Waals surface area contributed by atoms with Crippen molar-refractivity contribution in [1.29, 1.82) is 0 Å². The predicted molar refractivity (Wildman–Crippen MR) is 95.5 cm³/mol. The van der Waals surface area contributed by atoms with E-state index in [4.69, 9.17) is 9.15 Å². The summed E-state index contributed by atoms with van der Waals surface area (Å²) in [5, 5.41) is 3.33. The maximum Gasteiger partial charge on any atom is 0.318 e. The summed E-state index contributed by atoms with van der Waals surface area (Å²) >= 11 is 0. The molecule has 2 atom stereocenters. The Morgan fingerprint density at radius 2 is 2.16 bits per heavy atom. The molecule has 2 heterocycles. The van der Waals surface area contributed by atoms with E-state index in [1.165, 1.54) is 5.56 Å². The molecule has 2 aliphatic carbocycles. The number of furan rings is 1. The van der Waals surface area contributed by atoms with E-state index in [1.807, 2.05) is 6.92 Å². The van der Waals surface area contributed by atoms with E-state index in [0.717, 1.165) is 63.4 Å². The van der Waals surface area contributed by atoms with Gasteiger partial charge in [-0.2, -0.15) is 0 Å². The van der Waals surface area contributed by atoms with Gasteiger partial charge in [0.1, 0.15) is 11.5 Å². The molecule has 1 aromatic rings. The first-order valence-corrected chi connectivity index (χ1v) is 9.65. The molecule has 2 fully saturated rings. The molecule has 25 heavy (non-hydrogen) atoms. The Bertz CT molecular complexity index is 641. The molecule has 5 heteroatoms. The molecule has 1 aromatic heterocycles. The molecule has 5 nitrogen and oxygen atoms in total. The van der Waals surface area contributed by atoms with Gasteiger partial charge >= 0.3 is 6.03 Å². The lowest BCUT2D eigenvalue weighted by atomic mass is 9.75. The summed E-state index contributed by atoms with van der Waals surface area (Å²) < 4.78 is 11.4. The third-order valence-electron chi connectivity index (χ3n) is 5.76. The molecule has 0 aromatic carbocycles. The summed E-state index contributed by atoms with van der Waals surface area (Å²) in [7, 11) is 0. The maximum absolute atomic E-state index is 13.1. The van der Waals surface area contributed by atoms with Crippen LogP contribution < -0.4 is 5.32 Å². The van der Waals surface area contributed by atoms with Gasteiger partial charge in [-0.05, 0) is 44.1 Å². The van der Waals surface area contributed by atoms with E-state index in [2.05, 4.69) is 30.1 Å². The predicted octanol–water partition coefficient (Wildman–Crippen LogP) is 3.81. The van der Waals surface area contributed by atoms with Gasteiger partial charge in [0.2, 0.25) is 0 Å². The molecule has 1 saturated heterocycles. The van der Waals surface area contributed by atoms with Gasteiger partial charge in [0.15, 0.2) is 0 Å². The number of amides is 2. The van der Waals surface area contributed by atoms with Crippen LogP contribution in [0.2, 0.25) is 0 Å². The molecule has 2 amide bonds. The van der Waals surface area contributed by atoms with Crippen molar-refractivity contribution in [2.75, 3.05) is 19.8 Å². The van der Waals surface area contributed by atoms with Gasteiger partial charge in [-0.3, -0.25) is 0 Å². The lowest BCUT2D eigenvalue weighted by molar-refractivity contribution is 0.156. The smallest absolute Gasteiger partial charge is 0.318 e. The van der Waals surface area contributed by atoms with Gasteiger partial charge in [0.25, 0.3) is 0 Å². The van der Waals surface area contributed by atoms with Gasteiger partial charge in [-0.1, -0.05) is 13.8 Å². The van der Waals surface area contributed by atoms with Crippen LogP contribution in [0.4, 0.5) is 4.79 Å². The fourth-order valence-electron chi connectivity index (χ4n) is 4.33. The lowest BCUT2D eigenvalue weighted by Gasteiger charge is -2.36. The van der Waals surface area contributed by atoms with Crippen LogP contribution in [0.15, 0.2) is 10.5 Å². The molecule has 0 bridgehead atoms. The number of ether oxygens (including phenoxy) is 1. The number of carbonyl (C=O) groups excluding carboxylic acids is 1. The number of carbonyl (C=O) groups is 1. The van der Waals surface area contributed by atoms with Crippen molar-refractivity contribution in [1.82, 2.24) is 10.2 Å². The van der Waals surface area contributed by atoms with E-state index in [1.54, 1.807) is 0 Å². The van der Waals surface area contributed by atoms with E-state index in [0.29, 0.717) is 12.0 Å². The van der Waals surface area contributed by atoms with Crippen LogP contribution in [0, 0.1) is 18.3 Å². The molecule has 0 radical (unpaired) electrons. The van der Waals surface area contributed by atoms with Crippen molar-refractivity contribution in [2.24, 2.45) is 11.3 Å². The number of rotatable bonds is 4. The van der Waals surface area contributed by atoms with Crippen molar-refractivity contribution >= 4 is 6.03 Å². The fraction of sp³-hybridized carbons (Fsp3) is 0.750. The van der Waals surface area contributed by atoms with Crippen LogP contribution in [0.5, 0.6) is 0 Å². The molecule has 0 unspecified atom stereocenters. The first kappa shape index (κ1) is 17.0. The normalized spacial score (nSPS) is 27.8. The summed E-state index contributed by atoms with van der Waals surface area (Å²) in [5.74, 6) is 2.46. The first-order chi connectivity index (χ1) is 11.9. The Morgan fingerprint density at radius 1 is 1.36 bits per heavy atom. The van der Waals surface area contributed by atoms with Crippen LogP contribution in [0.25, 0.3) is 0 Å². The molecular weight excluding hydrogens is 316 g/mol. The number of urea groups is 1. The summed E-state index contributed by atoms with van der Waals surface area (Å²) in [5.41, 5.74) is 1.31. The van der Waals surface area contributed by atoms with Gasteiger partial charge in [-0.15, -0.1) is 0 Å². The van der Waals surface area contributed by atoms with Crippen molar-refractivity contribution in [3.8, 4) is 0 Å². The minimum Gasteiger partial charge on any atom is -0.466 e. The molecule has 138 valence electrons. The monoisotopic (exact) mass is 346 g/mol. The quantitative estimate of drug-likeness (QED) is 0.902. The number of fused-ring (bicyclic) bond motifs is 1. The highest BCUT2D eigenvalue weighted by Gasteiger charge is 2.39. The van der Waals surface area contributed by atoms with Crippen LogP contribution in [-0.2, 0) is 11.2 Å². The zero-order chi connectivity index (χ0) is 17.6. The standard InChI is InChI=1S/C20H30N2O3/c1-13-8-16-17(9-20(2,3)10-18(16)25-13)21-19(23)22(15-4-5-15)11-14-6-7-24-12-14/h8,14-15,17H,4-7,9-12H2,1-3H3,(H,21,23)/t14-,17-/m0/s1. The Balaban J connectivity index is 1.48. The van der Waals surface area contributed by atoms with Crippen LogP contribution >= 0.6 is 0 Å². The average molecular weight is 346 g/mol. The first-order valence-electron chi connectivity index (χ1n) is 9.65. The highest BCUT2D eigenvalue weighted by Crippen LogP contribution is 2.42. The van der Waals surface area contributed by atoms with E-state index in [9.17, 15) is 4.79 Å². The molecule has 3 aliphatic rings. The second-order valence-electron chi connectivity index (χ2n) is 8.90. The topological polar surface area (TPSA) is 54.7 Å². The highest BCUT2D eigenvalue weighted by atomic mass is 16.5. The summed E-state index contributed by atoms with van der Waals surface area (Å²) in [6, 6.07) is 2.65. The van der Waals surface area contributed by atoms with Crippen molar-refractivity contribution < 1.29 is 13.9 Å². The number of hydrogen-bond acceptors (Lipinski definition) is 3. The van der Waals surface area contributed by atoms with Crippen molar-refractivity contribution in [2.45, 2.75) is 65.0 Å². The van der Waals surface area contributed by atoms with Gasteiger partial charge < -0.3 is 19.4 Å². The number of hydrogen-bond donors (Lipinski definition) is 1. The number of nitrogens with zero attached hydrogens (tertiary/aromatic N) is 1. The second-order valence-corrected chi connectivity index (χ2v) is 8.90. The van der Waals surface area contributed by atoms with E-state index in [-0.39, 0.29) is 17.5 Å². The van der Waals surface area contributed by atoms with E-state index < -0.39 is 0 Å². The highest BCUT2D eigenvalue weighted by molar-refractivity contribution is 5.75. The largest absolute Gasteiger partial charge is 0.466 e. The Labute approximate surface area is 150 Å².